The smallest absolute Gasteiger partial charge is 0.265 e. The molecular weight excluding hydrogens is 345 g/mol. The molecule has 0 radical (unpaired) electrons. The molecule has 0 aliphatic rings. The van der Waals surface area contributed by atoms with Gasteiger partial charge in [-0.1, -0.05) is 0 Å². The molecule has 9 heteroatoms. The second-order valence-electron chi connectivity index (χ2n) is 5.29. The van der Waals surface area contributed by atoms with Gasteiger partial charge in [0.1, 0.15) is 16.5 Å². The average molecular weight is 361 g/mol. The molecule has 1 atom stereocenters. The quantitative estimate of drug-likeness (QED) is 0.611. The van der Waals surface area contributed by atoms with Gasteiger partial charge in [0.2, 0.25) is 0 Å². The number of rotatable bonds is 6. The van der Waals surface area contributed by atoms with Crippen LogP contribution in [0.2, 0.25) is 0 Å². The summed E-state index contributed by atoms with van der Waals surface area (Å²) in [6.07, 6.45) is 1.10. The van der Waals surface area contributed by atoms with E-state index in [9.17, 15) is 14.3 Å². The van der Waals surface area contributed by atoms with Crippen molar-refractivity contribution in [2.24, 2.45) is 11.5 Å². The number of aromatic nitrogens is 3. The van der Waals surface area contributed by atoms with Crippen LogP contribution >= 0.6 is 11.3 Å². The second kappa shape index (κ2) is 7.09. The zero-order chi connectivity index (χ0) is 18.0. The molecule has 3 heterocycles. The lowest BCUT2D eigenvalue weighted by molar-refractivity contribution is 0.0990. The van der Waals surface area contributed by atoms with Crippen LogP contribution in [0.25, 0.3) is 11.4 Å². The number of nitrogens with zero attached hydrogens (tertiary/aromatic N) is 3. The van der Waals surface area contributed by atoms with Crippen molar-refractivity contribution < 1.29 is 14.3 Å². The molecule has 1 unspecified atom stereocenters. The van der Waals surface area contributed by atoms with Crippen LogP contribution in [0.4, 0.5) is 4.39 Å². The van der Waals surface area contributed by atoms with Crippen molar-refractivity contribution in [2.45, 2.75) is 12.6 Å². The van der Waals surface area contributed by atoms with Crippen molar-refractivity contribution in [2.75, 3.05) is 6.54 Å². The molecule has 0 saturated carbocycles. The summed E-state index contributed by atoms with van der Waals surface area (Å²) in [4.78, 5) is 20.3. The summed E-state index contributed by atoms with van der Waals surface area (Å²) in [7, 11) is 0. The van der Waals surface area contributed by atoms with Gasteiger partial charge >= 0.3 is 0 Å². The van der Waals surface area contributed by atoms with Gasteiger partial charge in [-0.2, -0.15) is 0 Å². The van der Waals surface area contributed by atoms with Crippen LogP contribution in [0.1, 0.15) is 27.2 Å². The van der Waals surface area contributed by atoms with E-state index in [1.165, 1.54) is 23.5 Å². The Labute approximate surface area is 146 Å². The molecule has 3 aromatic rings. The van der Waals surface area contributed by atoms with Gasteiger partial charge in [-0.05, 0) is 24.3 Å². The van der Waals surface area contributed by atoms with E-state index in [4.69, 9.17) is 11.5 Å². The van der Waals surface area contributed by atoms with Gasteiger partial charge in [-0.3, -0.25) is 9.78 Å². The second-order valence-corrected chi connectivity index (χ2v) is 6.18. The maximum Gasteiger partial charge on any atom is 0.265 e. The number of aliphatic hydroxyl groups is 1. The van der Waals surface area contributed by atoms with E-state index in [-0.39, 0.29) is 18.8 Å². The highest BCUT2D eigenvalue weighted by molar-refractivity contribution is 7.09. The monoisotopic (exact) mass is 361 g/mol. The molecule has 0 fully saturated rings. The number of nitrogens with two attached hydrogens (primary N) is 2. The Morgan fingerprint density at radius 1 is 1.36 bits per heavy atom. The summed E-state index contributed by atoms with van der Waals surface area (Å²) >= 11 is 1.33. The van der Waals surface area contributed by atoms with E-state index in [1.54, 1.807) is 22.1 Å². The predicted octanol–water partition coefficient (Wildman–Crippen LogP) is 1.28. The molecule has 25 heavy (non-hydrogen) atoms. The Balaban J connectivity index is 2.15. The third-order valence-corrected chi connectivity index (χ3v) is 4.71. The van der Waals surface area contributed by atoms with Crippen LogP contribution in [0.15, 0.2) is 35.8 Å². The fraction of sp³-hybridized carbons (Fsp3) is 0.188. The summed E-state index contributed by atoms with van der Waals surface area (Å²) in [5.74, 6) is -1.08. The molecule has 0 aliphatic heterocycles. The Kier molecular flexibility index (Phi) is 4.88. The summed E-state index contributed by atoms with van der Waals surface area (Å²) < 4.78 is 14.8. The van der Waals surface area contributed by atoms with Crippen molar-refractivity contribution in [1.82, 2.24) is 14.5 Å². The topological polar surface area (TPSA) is 120 Å². The van der Waals surface area contributed by atoms with Crippen LogP contribution in [-0.2, 0) is 6.61 Å². The number of primary amides is 1. The van der Waals surface area contributed by atoms with Gasteiger partial charge < -0.3 is 21.1 Å². The van der Waals surface area contributed by atoms with Crippen molar-refractivity contribution in [3.8, 4) is 11.4 Å². The molecular formula is C16H16FN5O2S. The van der Waals surface area contributed by atoms with Gasteiger partial charge in [-0.15, -0.1) is 11.3 Å². The van der Waals surface area contributed by atoms with Gasteiger partial charge in [0.05, 0.1) is 35.9 Å². The SMILES string of the molecule is NCC(c1nc(CO)cs1)n1c(C(N)=O)ccc1-c1ccc(F)cn1. The number of hydrogen-bond acceptors (Lipinski definition) is 6. The van der Waals surface area contributed by atoms with Crippen molar-refractivity contribution in [3.05, 3.63) is 58.1 Å². The molecule has 0 aliphatic carbocycles. The highest BCUT2D eigenvalue weighted by atomic mass is 32.1. The molecule has 1 amide bonds. The first-order chi connectivity index (χ1) is 12.0. The number of thiazole rings is 1. The van der Waals surface area contributed by atoms with Gasteiger partial charge in [-0.25, -0.2) is 9.37 Å². The normalized spacial score (nSPS) is 12.3. The third-order valence-electron chi connectivity index (χ3n) is 3.71. The Bertz CT molecular complexity index is 890. The summed E-state index contributed by atoms with van der Waals surface area (Å²) in [6, 6.07) is 5.59. The number of aliphatic hydroxyl groups excluding tert-OH is 1. The van der Waals surface area contributed by atoms with E-state index in [1.807, 2.05) is 0 Å². The molecule has 0 spiro atoms. The Hall–Kier alpha value is -2.62. The Morgan fingerprint density at radius 2 is 2.16 bits per heavy atom. The lowest BCUT2D eigenvalue weighted by Gasteiger charge is -2.20. The minimum atomic E-state index is -0.620. The average Bonchev–Trinajstić information content (AvgIpc) is 3.24. The number of carbonyl (C=O) groups is 1. The Morgan fingerprint density at radius 3 is 2.72 bits per heavy atom. The number of halogens is 1. The van der Waals surface area contributed by atoms with Gasteiger partial charge in [0.25, 0.3) is 5.91 Å². The fourth-order valence-corrected chi connectivity index (χ4v) is 3.50. The highest BCUT2D eigenvalue weighted by Crippen LogP contribution is 2.30. The van der Waals surface area contributed by atoms with Crippen LogP contribution in [-0.4, -0.2) is 32.1 Å². The molecule has 3 rings (SSSR count). The van der Waals surface area contributed by atoms with Crippen LogP contribution in [0.5, 0.6) is 0 Å². The molecule has 7 nitrogen and oxygen atoms in total. The molecule has 130 valence electrons. The minimum Gasteiger partial charge on any atom is -0.390 e. The number of amides is 1. The summed E-state index contributed by atoms with van der Waals surface area (Å²) in [6.45, 7) is -0.0317. The van der Waals surface area contributed by atoms with Gasteiger partial charge in [0.15, 0.2) is 0 Å². The lowest BCUT2D eigenvalue weighted by Crippen LogP contribution is -2.26. The molecule has 0 bridgehead atoms. The lowest BCUT2D eigenvalue weighted by atomic mass is 10.2. The fourth-order valence-electron chi connectivity index (χ4n) is 2.59. The first kappa shape index (κ1) is 17.2. The van der Waals surface area contributed by atoms with E-state index in [0.29, 0.717) is 22.1 Å². The zero-order valence-electron chi connectivity index (χ0n) is 13.1. The van der Waals surface area contributed by atoms with Gasteiger partial charge in [0, 0.05) is 11.9 Å². The van der Waals surface area contributed by atoms with Crippen LogP contribution < -0.4 is 11.5 Å². The van der Waals surface area contributed by atoms with E-state index < -0.39 is 17.8 Å². The van der Waals surface area contributed by atoms with E-state index in [0.717, 1.165) is 6.20 Å². The first-order valence-corrected chi connectivity index (χ1v) is 8.31. The molecule has 5 N–H and O–H groups in total. The van der Waals surface area contributed by atoms with Crippen molar-refractivity contribution >= 4 is 17.2 Å². The number of carbonyl (C=O) groups excluding carboxylic acids is 1. The predicted molar refractivity (Wildman–Crippen MR) is 91.4 cm³/mol. The largest absolute Gasteiger partial charge is 0.390 e. The molecule has 3 aromatic heterocycles. The molecule has 0 saturated heterocycles. The third kappa shape index (κ3) is 3.29. The maximum absolute atomic E-state index is 13.2. The maximum atomic E-state index is 13.2. The zero-order valence-corrected chi connectivity index (χ0v) is 13.9. The van der Waals surface area contributed by atoms with Crippen molar-refractivity contribution in [3.63, 3.8) is 0 Å². The van der Waals surface area contributed by atoms with Crippen molar-refractivity contribution in [1.29, 1.82) is 0 Å². The number of pyridine rings is 1. The van der Waals surface area contributed by atoms with E-state index >= 15 is 0 Å². The highest BCUT2D eigenvalue weighted by Gasteiger charge is 2.24. The van der Waals surface area contributed by atoms with Crippen LogP contribution in [0, 0.1) is 5.82 Å². The molecule has 0 aromatic carbocycles. The standard InChI is InChI=1S/C16H16FN5O2S/c17-9-1-2-11(20-6-9)12-3-4-13(15(19)24)22(12)14(5-18)16-21-10(7-23)8-25-16/h1-4,6,8,14,23H,5,7,18H2,(H2,19,24). The number of hydrogen-bond donors (Lipinski definition) is 3. The van der Waals surface area contributed by atoms with Crippen LogP contribution in [0.3, 0.4) is 0 Å². The summed E-state index contributed by atoms with van der Waals surface area (Å²) in [5.41, 5.74) is 13.3. The van der Waals surface area contributed by atoms with E-state index in [2.05, 4.69) is 9.97 Å². The minimum absolute atomic E-state index is 0.154. The first-order valence-electron chi connectivity index (χ1n) is 7.43. The summed E-state index contributed by atoms with van der Waals surface area (Å²) in [5, 5.41) is 11.6.